The number of carbonyl (C=O) groups excluding carboxylic acids is 1. The fourth-order valence-electron chi connectivity index (χ4n) is 3.09. The van der Waals surface area contributed by atoms with Gasteiger partial charge in [0.05, 0.1) is 18.6 Å². The maximum absolute atomic E-state index is 11.9. The minimum absolute atomic E-state index is 0.0831. The van der Waals surface area contributed by atoms with E-state index in [-0.39, 0.29) is 13.4 Å². The summed E-state index contributed by atoms with van der Waals surface area (Å²) in [5.41, 5.74) is 1.79. The molecule has 1 fully saturated rings. The molecule has 2 heterocycles. The van der Waals surface area contributed by atoms with Crippen LogP contribution in [0.5, 0.6) is 11.5 Å². The highest BCUT2D eigenvalue weighted by Crippen LogP contribution is 2.47. The Labute approximate surface area is 160 Å². The monoisotopic (exact) mass is 394 g/mol. The van der Waals surface area contributed by atoms with Crippen LogP contribution in [0.2, 0.25) is 0 Å². The van der Waals surface area contributed by atoms with Crippen LogP contribution in [0.15, 0.2) is 48.5 Å². The molecule has 0 saturated carbocycles. The van der Waals surface area contributed by atoms with E-state index >= 15 is 0 Å². The number of hydrogen-bond donors (Lipinski definition) is 0. The molecule has 0 aromatic heterocycles. The Morgan fingerprint density at radius 1 is 1.08 bits per heavy atom. The lowest BCUT2D eigenvalue weighted by Crippen LogP contribution is -2.33. The summed E-state index contributed by atoms with van der Waals surface area (Å²) >= 11 is 12.6. The Kier molecular flexibility index (Phi) is 4.69. The Morgan fingerprint density at radius 3 is 2.58 bits per heavy atom. The molecular weight excluding hydrogens is 379 g/mol. The number of ether oxygens (including phenoxy) is 4. The lowest BCUT2D eigenvalue weighted by atomic mass is 9.93. The largest absolute Gasteiger partial charge is 0.463 e. The molecule has 7 heteroatoms. The molecule has 2 atom stereocenters. The van der Waals surface area contributed by atoms with E-state index in [1.54, 1.807) is 6.07 Å². The molecule has 0 radical (unpaired) electrons. The van der Waals surface area contributed by atoms with E-state index < -0.39 is 22.3 Å². The zero-order valence-electron chi connectivity index (χ0n) is 13.7. The molecule has 0 unspecified atom stereocenters. The van der Waals surface area contributed by atoms with Crippen molar-refractivity contribution in [2.75, 3.05) is 13.4 Å². The second-order valence-corrected chi connectivity index (χ2v) is 7.54. The van der Waals surface area contributed by atoms with E-state index in [0.717, 1.165) is 11.1 Å². The maximum Gasteiger partial charge on any atom is 0.343 e. The molecule has 2 aliphatic rings. The summed E-state index contributed by atoms with van der Waals surface area (Å²) in [7, 11) is 0. The van der Waals surface area contributed by atoms with Gasteiger partial charge in [-0.1, -0.05) is 59.6 Å². The van der Waals surface area contributed by atoms with Gasteiger partial charge in [0.15, 0.2) is 11.5 Å². The van der Waals surface area contributed by atoms with Crippen LogP contribution in [0.25, 0.3) is 0 Å². The zero-order chi connectivity index (χ0) is 18.1. The van der Waals surface area contributed by atoms with Crippen LogP contribution in [0.4, 0.5) is 0 Å². The third kappa shape index (κ3) is 3.22. The van der Waals surface area contributed by atoms with Crippen molar-refractivity contribution in [1.29, 1.82) is 0 Å². The molecular formula is C19H16Cl2O5. The fraction of sp³-hybridized carbons (Fsp3) is 0.316. The van der Waals surface area contributed by atoms with E-state index in [0.29, 0.717) is 18.1 Å². The van der Waals surface area contributed by atoms with Gasteiger partial charge in [-0.3, -0.25) is 0 Å². The number of esters is 1. The summed E-state index contributed by atoms with van der Waals surface area (Å²) in [6, 6.07) is 15.2. The molecule has 136 valence electrons. The first kappa shape index (κ1) is 17.5. The predicted molar refractivity (Wildman–Crippen MR) is 95.4 cm³/mol. The van der Waals surface area contributed by atoms with Gasteiger partial charge in [-0.25, -0.2) is 4.79 Å². The number of hydrogen-bond acceptors (Lipinski definition) is 5. The van der Waals surface area contributed by atoms with Gasteiger partial charge >= 0.3 is 5.97 Å². The highest BCUT2D eigenvalue weighted by atomic mass is 35.5. The Morgan fingerprint density at radius 2 is 1.85 bits per heavy atom. The van der Waals surface area contributed by atoms with Gasteiger partial charge in [0.1, 0.15) is 6.61 Å². The van der Waals surface area contributed by atoms with E-state index in [1.165, 1.54) is 0 Å². The van der Waals surface area contributed by atoms with Crippen molar-refractivity contribution >= 4 is 29.2 Å². The van der Waals surface area contributed by atoms with Crippen molar-refractivity contribution in [3.63, 3.8) is 0 Å². The van der Waals surface area contributed by atoms with Gasteiger partial charge in [-0.05, 0) is 23.3 Å². The molecule has 2 aromatic carbocycles. The number of benzene rings is 2. The van der Waals surface area contributed by atoms with Crippen molar-refractivity contribution in [3.05, 3.63) is 59.7 Å². The predicted octanol–water partition coefficient (Wildman–Crippen LogP) is 4.02. The first-order valence-corrected chi connectivity index (χ1v) is 8.91. The van der Waals surface area contributed by atoms with Crippen LogP contribution < -0.4 is 9.47 Å². The van der Waals surface area contributed by atoms with Gasteiger partial charge in [-0.2, -0.15) is 0 Å². The minimum Gasteiger partial charge on any atom is -0.463 e. The van der Waals surface area contributed by atoms with E-state index in [9.17, 15) is 4.79 Å². The quantitative estimate of drug-likeness (QED) is 0.566. The Hall–Kier alpha value is -1.95. The van der Waals surface area contributed by atoms with Crippen LogP contribution in [-0.4, -0.2) is 23.7 Å². The van der Waals surface area contributed by atoms with Crippen molar-refractivity contribution in [3.8, 4) is 11.5 Å². The number of halogens is 2. The Balaban J connectivity index is 1.64. The number of carbonyl (C=O) groups is 1. The lowest BCUT2D eigenvalue weighted by molar-refractivity contribution is -0.138. The summed E-state index contributed by atoms with van der Waals surface area (Å²) in [6.45, 7) is 0.600. The van der Waals surface area contributed by atoms with Crippen LogP contribution in [0, 0.1) is 5.92 Å². The van der Waals surface area contributed by atoms with Crippen LogP contribution in [-0.2, 0) is 20.9 Å². The average molecular weight is 395 g/mol. The molecule has 0 N–H and O–H groups in total. The van der Waals surface area contributed by atoms with Crippen LogP contribution in [0.1, 0.15) is 17.2 Å². The first-order chi connectivity index (χ1) is 12.6. The second kappa shape index (κ2) is 6.99. The highest BCUT2D eigenvalue weighted by molar-refractivity contribution is 6.58. The van der Waals surface area contributed by atoms with E-state index in [4.69, 9.17) is 42.1 Å². The summed E-state index contributed by atoms with van der Waals surface area (Å²) in [4.78, 5) is 11.9. The topological polar surface area (TPSA) is 54.0 Å². The normalized spacial score (nSPS) is 21.5. The molecule has 1 saturated heterocycles. The summed E-state index contributed by atoms with van der Waals surface area (Å²) in [5.74, 6) is 0.0791. The third-order valence-electron chi connectivity index (χ3n) is 4.49. The molecule has 0 bridgehead atoms. The maximum atomic E-state index is 11.9. The second-order valence-electron chi connectivity index (χ2n) is 6.16. The van der Waals surface area contributed by atoms with Crippen molar-refractivity contribution in [2.45, 2.75) is 17.0 Å². The molecule has 2 aromatic rings. The number of alkyl halides is 2. The highest BCUT2D eigenvalue weighted by Gasteiger charge is 2.54. The number of cyclic esters (lactones) is 1. The zero-order valence-corrected chi connectivity index (χ0v) is 15.2. The van der Waals surface area contributed by atoms with Gasteiger partial charge in [0.2, 0.25) is 11.1 Å². The first-order valence-electron chi connectivity index (χ1n) is 8.16. The number of rotatable bonds is 5. The van der Waals surface area contributed by atoms with Crippen molar-refractivity contribution < 1.29 is 23.7 Å². The van der Waals surface area contributed by atoms with Crippen molar-refractivity contribution in [2.24, 2.45) is 5.92 Å². The molecule has 5 nitrogen and oxygen atoms in total. The summed E-state index contributed by atoms with van der Waals surface area (Å²) in [6.07, 6.45) is -0.550. The average Bonchev–Trinajstić information content (AvgIpc) is 3.21. The van der Waals surface area contributed by atoms with Gasteiger partial charge in [0.25, 0.3) is 0 Å². The smallest absolute Gasteiger partial charge is 0.343 e. The van der Waals surface area contributed by atoms with Crippen LogP contribution in [0.3, 0.4) is 0 Å². The third-order valence-corrected chi connectivity index (χ3v) is 5.36. The molecule has 0 aliphatic carbocycles. The molecule has 2 aliphatic heterocycles. The van der Waals surface area contributed by atoms with Crippen molar-refractivity contribution in [1.82, 2.24) is 0 Å². The molecule has 0 spiro atoms. The molecule has 26 heavy (non-hydrogen) atoms. The lowest BCUT2D eigenvalue weighted by Gasteiger charge is -2.28. The van der Waals surface area contributed by atoms with Gasteiger partial charge in [0, 0.05) is 0 Å². The molecule has 4 rings (SSSR count). The number of fused-ring (bicyclic) bond motifs is 1. The standard InChI is InChI=1S/C19H16Cl2O5/c20-19(21)14(10-24-18(19)22)17(23-9-12-4-2-1-3-5-12)13-6-7-15-16(8-13)26-11-25-15/h1-8,14,17H,9-11H2/t14-,17+/m1/s1. The Bertz CT molecular complexity index is 809. The fourth-order valence-corrected chi connectivity index (χ4v) is 3.55. The van der Waals surface area contributed by atoms with Gasteiger partial charge < -0.3 is 18.9 Å². The SMILES string of the molecule is O=C1OC[C@H]([C@@H](OCc2ccccc2)c2ccc3c(c2)OCO3)C1(Cl)Cl. The van der Waals surface area contributed by atoms with Crippen LogP contribution >= 0.6 is 23.2 Å². The van der Waals surface area contributed by atoms with Gasteiger partial charge in [-0.15, -0.1) is 0 Å². The van der Waals surface area contributed by atoms with E-state index in [2.05, 4.69) is 0 Å². The minimum atomic E-state index is -1.67. The van der Waals surface area contributed by atoms with E-state index in [1.807, 2.05) is 42.5 Å². The summed E-state index contributed by atoms with van der Waals surface area (Å²) < 4.78 is 20.4. The molecule has 0 amide bonds. The summed E-state index contributed by atoms with van der Waals surface area (Å²) in [5, 5.41) is 0.